The normalized spacial score (nSPS) is 12.0. The fourth-order valence-corrected chi connectivity index (χ4v) is 6.26. The van der Waals surface area contributed by atoms with E-state index in [1.807, 2.05) is 37.3 Å². The Hall–Kier alpha value is -5.69. The van der Waals surface area contributed by atoms with Gasteiger partial charge in [0.05, 0.1) is 11.5 Å². The number of carbonyl (C=O) groups excluding carboxylic acids is 3. The Balaban J connectivity index is 1.32. The van der Waals surface area contributed by atoms with Crippen molar-refractivity contribution in [1.29, 1.82) is 0 Å². The monoisotopic (exact) mass is 706 g/mol. The Bertz CT molecular complexity index is 2070. The molecule has 0 bridgehead atoms. The quantitative estimate of drug-likeness (QED) is 0.0793. The highest BCUT2D eigenvalue weighted by Gasteiger charge is 2.23. The summed E-state index contributed by atoms with van der Waals surface area (Å²) in [6.45, 7) is 2.41. The molecule has 0 spiro atoms. The van der Waals surface area contributed by atoms with E-state index in [4.69, 9.17) is 9.88 Å². The molecule has 5 N–H and O–H groups in total. The molecule has 0 fully saturated rings. The third-order valence-corrected chi connectivity index (χ3v) is 9.38. The van der Waals surface area contributed by atoms with E-state index in [1.54, 1.807) is 84.9 Å². The lowest BCUT2D eigenvalue weighted by Crippen LogP contribution is -2.30. The van der Waals surface area contributed by atoms with Crippen LogP contribution in [0.15, 0.2) is 149 Å². The Kier molecular flexibility index (Phi) is 11.8. The number of sulfonamides is 1. The number of nitrogens with one attached hydrogen (secondary N) is 3. The smallest absolute Gasteiger partial charge is 0.272 e. The number of benzene rings is 5. The molecule has 0 saturated carbocycles. The number of thioether (sulfide) groups is 1. The molecule has 5 aromatic rings. The molecule has 0 saturated heterocycles. The first kappa shape index (κ1) is 35.6. The van der Waals surface area contributed by atoms with E-state index in [0.717, 1.165) is 10.5 Å². The number of hydrogen-bond donors (Lipinski definition) is 4. The first-order valence-corrected chi connectivity index (χ1v) is 17.9. The van der Waals surface area contributed by atoms with Crippen LogP contribution >= 0.6 is 11.8 Å². The molecule has 1 unspecified atom stereocenters. The minimum Gasteiger partial charge on any atom is -0.494 e. The molecule has 0 aromatic heterocycles. The van der Waals surface area contributed by atoms with Crippen molar-refractivity contribution in [2.75, 3.05) is 17.2 Å². The third kappa shape index (κ3) is 9.92. The maximum absolute atomic E-state index is 13.5. The van der Waals surface area contributed by atoms with E-state index >= 15 is 0 Å². The standard InChI is InChI=1S/C38H34N4O6S2/c1-2-48-31-19-13-26(14-20-31)25-34(42-36(43)28-11-7-4-8-12-28)37(44)40-29-15-21-32(22-16-29)49-35(27-9-5-3-6-10-27)38(45)41-30-17-23-33(24-18-30)50(39,46)47/h3-25,35H,2H2,1H3,(H,40,44)(H,41,45)(H,42,43)(H2,39,46,47)/b34-25-. The SMILES string of the molecule is CCOc1ccc(/C=C(\NC(=O)c2ccccc2)C(=O)Nc2ccc(SC(C(=O)Nc3ccc(S(N)(=O)=O)cc3)c3ccccc3)cc2)cc1. The van der Waals surface area contributed by atoms with Gasteiger partial charge in [-0.05, 0) is 96.9 Å². The van der Waals surface area contributed by atoms with Gasteiger partial charge in [-0.3, -0.25) is 14.4 Å². The molecular weight excluding hydrogens is 673 g/mol. The Labute approximate surface area is 294 Å². The lowest BCUT2D eigenvalue weighted by Gasteiger charge is -2.18. The van der Waals surface area contributed by atoms with E-state index < -0.39 is 27.1 Å². The number of anilines is 2. The number of ether oxygens (including phenoxy) is 1. The Morgan fingerprint density at radius 3 is 1.94 bits per heavy atom. The van der Waals surface area contributed by atoms with Gasteiger partial charge >= 0.3 is 0 Å². The Morgan fingerprint density at radius 2 is 1.34 bits per heavy atom. The number of primary sulfonamides is 1. The molecule has 10 nitrogen and oxygen atoms in total. The molecule has 50 heavy (non-hydrogen) atoms. The van der Waals surface area contributed by atoms with Crippen LogP contribution in [0.3, 0.4) is 0 Å². The molecule has 5 aromatic carbocycles. The highest BCUT2D eigenvalue weighted by molar-refractivity contribution is 8.00. The number of carbonyl (C=O) groups is 3. The molecule has 3 amide bonds. The van der Waals surface area contributed by atoms with Gasteiger partial charge < -0.3 is 20.7 Å². The number of hydrogen-bond acceptors (Lipinski definition) is 7. The van der Waals surface area contributed by atoms with E-state index in [2.05, 4.69) is 16.0 Å². The number of amides is 3. The van der Waals surface area contributed by atoms with Gasteiger partial charge in [0.15, 0.2) is 0 Å². The average molecular weight is 707 g/mol. The van der Waals surface area contributed by atoms with Gasteiger partial charge in [-0.2, -0.15) is 0 Å². The van der Waals surface area contributed by atoms with Crippen LogP contribution in [0.2, 0.25) is 0 Å². The van der Waals surface area contributed by atoms with Crippen molar-refractivity contribution in [3.63, 3.8) is 0 Å². The number of nitrogens with two attached hydrogens (primary N) is 1. The minimum atomic E-state index is -3.87. The summed E-state index contributed by atoms with van der Waals surface area (Å²) in [5.74, 6) is -0.596. The van der Waals surface area contributed by atoms with Crippen LogP contribution in [-0.4, -0.2) is 32.7 Å². The molecule has 0 aliphatic heterocycles. The highest BCUT2D eigenvalue weighted by atomic mass is 32.2. The zero-order valence-corrected chi connectivity index (χ0v) is 28.5. The van der Waals surface area contributed by atoms with Crippen molar-refractivity contribution in [3.05, 3.63) is 156 Å². The van der Waals surface area contributed by atoms with Crippen molar-refractivity contribution >= 4 is 57.0 Å². The molecule has 254 valence electrons. The van der Waals surface area contributed by atoms with Crippen molar-refractivity contribution in [1.82, 2.24) is 5.32 Å². The fraction of sp³-hybridized carbons (Fsp3) is 0.0789. The van der Waals surface area contributed by atoms with Crippen LogP contribution in [0.25, 0.3) is 6.08 Å². The summed E-state index contributed by atoms with van der Waals surface area (Å²) in [4.78, 5) is 40.7. The van der Waals surface area contributed by atoms with E-state index in [-0.39, 0.29) is 16.5 Å². The lowest BCUT2D eigenvalue weighted by molar-refractivity contribution is -0.116. The average Bonchev–Trinajstić information content (AvgIpc) is 3.12. The summed E-state index contributed by atoms with van der Waals surface area (Å²) in [6, 6.07) is 37.5. The largest absolute Gasteiger partial charge is 0.494 e. The highest BCUT2D eigenvalue weighted by Crippen LogP contribution is 2.37. The molecule has 0 aliphatic rings. The van der Waals surface area contributed by atoms with Crippen LogP contribution in [0.4, 0.5) is 11.4 Å². The van der Waals surface area contributed by atoms with E-state index in [0.29, 0.717) is 34.9 Å². The zero-order valence-electron chi connectivity index (χ0n) is 26.9. The summed E-state index contributed by atoms with van der Waals surface area (Å²) in [7, 11) is -3.87. The predicted molar refractivity (Wildman–Crippen MR) is 196 cm³/mol. The minimum absolute atomic E-state index is 0.0411. The second kappa shape index (κ2) is 16.6. The zero-order chi connectivity index (χ0) is 35.5. The van der Waals surface area contributed by atoms with E-state index in [1.165, 1.54) is 36.0 Å². The van der Waals surface area contributed by atoms with Gasteiger partial charge in [-0.25, -0.2) is 13.6 Å². The molecule has 1 atom stereocenters. The first-order chi connectivity index (χ1) is 24.1. The Morgan fingerprint density at radius 1 is 0.760 bits per heavy atom. The predicted octanol–water partition coefficient (Wildman–Crippen LogP) is 6.61. The van der Waals surface area contributed by atoms with Crippen molar-refractivity contribution < 1.29 is 27.5 Å². The second-order valence-electron chi connectivity index (χ2n) is 10.8. The summed E-state index contributed by atoms with van der Waals surface area (Å²) < 4.78 is 28.7. The van der Waals surface area contributed by atoms with Crippen LogP contribution in [0.5, 0.6) is 5.75 Å². The summed E-state index contributed by atoms with van der Waals surface area (Å²) in [5, 5.41) is 13.0. The van der Waals surface area contributed by atoms with Crippen molar-refractivity contribution in [2.24, 2.45) is 5.14 Å². The molecule has 0 radical (unpaired) electrons. The van der Waals surface area contributed by atoms with Gasteiger partial charge in [-0.15, -0.1) is 11.8 Å². The second-order valence-corrected chi connectivity index (χ2v) is 13.6. The molecule has 0 aliphatic carbocycles. The van der Waals surface area contributed by atoms with Crippen LogP contribution in [0, 0.1) is 0 Å². The summed E-state index contributed by atoms with van der Waals surface area (Å²) in [6.07, 6.45) is 1.59. The fourth-order valence-electron chi connectivity index (χ4n) is 4.72. The summed E-state index contributed by atoms with van der Waals surface area (Å²) >= 11 is 1.30. The maximum atomic E-state index is 13.5. The molecular formula is C38H34N4O6S2. The lowest BCUT2D eigenvalue weighted by atomic mass is 10.1. The van der Waals surface area contributed by atoms with E-state index in [9.17, 15) is 22.8 Å². The number of rotatable bonds is 13. The van der Waals surface area contributed by atoms with Gasteiger partial charge in [0.1, 0.15) is 16.7 Å². The van der Waals surface area contributed by atoms with Crippen LogP contribution in [-0.2, 0) is 19.6 Å². The van der Waals surface area contributed by atoms with Gasteiger partial charge in [0.2, 0.25) is 15.9 Å². The van der Waals surface area contributed by atoms with Crippen molar-refractivity contribution in [3.8, 4) is 5.75 Å². The van der Waals surface area contributed by atoms with Gasteiger partial charge in [0.25, 0.3) is 11.8 Å². The maximum Gasteiger partial charge on any atom is 0.272 e. The van der Waals surface area contributed by atoms with Gasteiger partial charge in [0, 0.05) is 21.8 Å². The van der Waals surface area contributed by atoms with Crippen LogP contribution in [0.1, 0.15) is 33.7 Å². The first-order valence-electron chi connectivity index (χ1n) is 15.5. The summed E-state index contributed by atoms with van der Waals surface area (Å²) in [5.41, 5.74) is 2.77. The molecule has 12 heteroatoms. The van der Waals surface area contributed by atoms with Crippen molar-refractivity contribution in [2.45, 2.75) is 22.0 Å². The van der Waals surface area contributed by atoms with Gasteiger partial charge in [-0.1, -0.05) is 60.7 Å². The van der Waals surface area contributed by atoms with Crippen LogP contribution < -0.4 is 25.8 Å². The topological polar surface area (TPSA) is 157 Å². The third-order valence-electron chi connectivity index (χ3n) is 7.19. The molecule has 5 rings (SSSR count). The molecule has 0 heterocycles.